The topological polar surface area (TPSA) is 30.5 Å². The summed E-state index contributed by atoms with van der Waals surface area (Å²) in [5.41, 5.74) is 0.539. The highest BCUT2D eigenvalue weighted by molar-refractivity contribution is 5.06. The fourth-order valence-corrected chi connectivity index (χ4v) is 5.72. The van der Waals surface area contributed by atoms with Gasteiger partial charge in [-0.2, -0.15) is 0 Å². The Bertz CT molecular complexity index is 296. The summed E-state index contributed by atoms with van der Waals surface area (Å²) in [6, 6.07) is 0.558. The molecule has 0 heterocycles. The van der Waals surface area contributed by atoms with Crippen molar-refractivity contribution in [2.75, 3.05) is 33.5 Å². The van der Waals surface area contributed by atoms with E-state index < -0.39 is 0 Å². The molecule has 0 aromatic carbocycles. The molecule has 0 aliphatic heterocycles. The molecule has 4 saturated carbocycles. The molecule has 3 heteroatoms. The van der Waals surface area contributed by atoms with Crippen LogP contribution in [0.5, 0.6) is 0 Å². The van der Waals surface area contributed by atoms with E-state index in [1.165, 1.54) is 44.9 Å². The highest BCUT2D eigenvalue weighted by Gasteiger charge is 2.53. The molecule has 0 radical (unpaired) electrons. The van der Waals surface area contributed by atoms with E-state index in [0.29, 0.717) is 18.1 Å². The molecule has 1 unspecified atom stereocenters. The third-order valence-electron chi connectivity index (χ3n) is 6.18. The normalized spacial score (nSPS) is 38.9. The van der Waals surface area contributed by atoms with Crippen molar-refractivity contribution in [3.8, 4) is 0 Å². The van der Waals surface area contributed by atoms with E-state index in [4.69, 9.17) is 9.47 Å². The first-order valence-corrected chi connectivity index (χ1v) is 9.06. The Labute approximate surface area is 130 Å². The summed E-state index contributed by atoms with van der Waals surface area (Å²) in [7, 11) is 1.75. The molecule has 0 saturated heterocycles. The number of ether oxygens (including phenoxy) is 2. The highest BCUT2D eigenvalue weighted by Crippen LogP contribution is 2.61. The second-order valence-electron chi connectivity index (χ2n) is 7.85. The van der Waals surface area contributed by atoms with E-state index in [0.717, 1.165) is 37.5 Å². The van der Waals surface area contributed by atoms with Crippen LogP contribution in [0.2, 0.25) is 0 Å². The molecule has 0 amide bonds. The van der Waals surface area contributed by atoms with Crippen LogP contribution < -0.4 is 5.32 Å². The van der Waals surface area contributed by atoms with Crippen molar-refractivity contribution in [2.45, 2.75) is 57.9 Å². The van der Waals surface area contributed by atoms with Gasteiger partial charge in [0.15, 0.2) is 0 Å². The van der Waals surface area contributed by atoms with Crippen LogP contribution in [0.1, 0.15) is 51.9 Å². The number of hydrogen-bond acceptors (Lipinski definition) is 3. The smallest absolute Gasteiger partial charge is 0.0701 e. The summed E-state index contributed by atoms with van der Waals surface area (Å²) in [6.07, 6.45) is 10.1. The van der Waals surface area contributed by atoms with Crippen LogP contribution in [0.15, 0.2) is 0 Å². The minimum atomic E-state index is 0.539. The maximum Gasteiger partial charge on any atom is 0.0701 e. The van der Waals surface area contributed by atoms with E-state index >= 15 is 0 Å². The van der Waals surface area contributed by atoms with E-state index in [1.54, 1.807) is 7.11 Å². The van der Waals surface area contributed by atoms with Gasteiger partial charge in [-0.25, -0.2) is 0 Å². The van der Waals surface area contributed by atoms with Crippen molar-refractivity contribution < 1.29 is 9.47 Å². The van der Waals surface area contributed by atoms with Crippen molar-refractivity contribution >= 4 is 0 Å². The monoisotopic (exact) mass is 295 g/mol. The first-order chi connectivity index (χ1) is 10.3. The summed E-state index contributed by atoms with van der Waals surface area (Å²) in [5.74, 6) is 3.04. The zero-order chi connectivity index (χ0) is 14.7. The quantitative estimate of drug-likeness (QED) is 0.662. The lowest BCUT2D eigenvalue weighted by Crippen LogP contribution is -2.57. The molecular formula is C18H33NO2. The van der Waals surface area contributed by atoms with Crippen molar-refractivity contribution in [3.63, 3.8) is 0 Å². The van der Waals surface area contributed by atoms with Crippen molar-refractivity contribution in [1.29, 1.82) is 0 Å². The van der Waals surface area contributed by atoms with Gasteiger partial charge in [0.05, 0.1) is 19.8 Å². The van der Waals surface area contributed by atoms with Crippen molar-refractivity contribution in [3.05, 3.63) is 0 Å². The Morgan fingerprint density at radius 2 is 1.67 bits per heavy atom. The standard InChI is InChI=1S/C18H33NO2/c1-3-4-19-17(13-21-6-5-20-2)18-10-14-7-15(11-18)9-16(8-14)12-18/h14-17,19H,3-13H2,1-2H3. The molecule has 4 aliphatic carbocycles. The molecule has 0 aromatic heterocycles. The molecular weight excluding hydrogens is 262 g/mol. The molecule has 21 heavy (non-hydrogen) atoms. The average molecular weight is 295 g/mol. The lowest BCUT2D eigenvalue weighted by Gasteiger charge is -2.59. The summed E-state index contributed by atoms with van der Waals surface area (Å²) in [6.45, 7) is 5.69. The van der Waals surface area contributed by atoms with Crippen LogP contribution in [0.4, 0.5) is 0 Å². The van der Waals surface area contributed by atoms with Crippen molar-refractivity contribution in [1.82, 2.24) is 5.32 Å². The van der Waals surface area contributed by atoms with Gasteiger partial charge >= 0.3 is 0 Å². The number of hydrogen-bond donors (Lipinski definition) is 1. The Kier molecular flexibility index (Phi) is 5.23. The molecule has 0 aromatic rings. The average Bonchev–Trinajstić information content (AvgIpc) is 2.45. The molecule has 1 N–H and O–H groups in total. The molecule has 4 rings (SSSR count). The number of methoxy groups -OCH3 is 1. The Morgan fingerprint density at radius 1 is 1.05 bits per heavy atom. The fraction of sp³-hybridized carbons (Fsp3) is 1.00. The zero-order valence-corrected chi connectivity index (χ0v) is 13.9. The van der Waals surface area contributed by atoms with E-state index in [9.17, 15) is 0 Å². The first kappa shape index (κ1) is 15.8. The maximum absolute atomic E-state index is 5.94. The molecule has 4 bridgehead atoms. The maximum atomic E-state index is 5.94. The SMILES string of the molecule is CCCNC(COCCOC)C12CC3CC(CC(C3)C1)C2. The summed E-state index contributed by atoms with van der Waals surface area (Å²) in [5, 5.41) is 3.84. The fourth-order valence-electron chi connectivity index (χ4n) is 5.72. The number of rotatable bonds is 9. The van der Waals surface area contributed by atoms with E-state index in [1.807, 2.05) is 0 Å². The summed E-state index contributed by atoms with van der Waals surface area (Å²) < 4.78 is 11.0. The van der Waals surface area contributed by atoms with Crippen LogP contribution in [-0.4, -0.2) is 39.5 Å². The van der Waals surface area contributed by atoms with Crippen LogP contribution >= 0.6 is 0 Å². The van der Waals surface area contributed by atoms with Crippen LogP contribution in [0.25, 0.3) is 0 Å². The second kappa shape index (κ2) is 6.97. The van der Waals surface area contributed by atoms with Gasteiger partial charge in [0, 0.05) is 13.2 Å². The van der Waals surface area contributed by atoms with Crippen LogP contribution in [-0.2, 0) is 9.47 Å². The lowest BCUT2D eigenvalue weighted by molar-refractivity contribution is -0.0903. The Morgan fingerprint density at radius 3 is 2.19 bits per heavy atom. The predicted octanol–water partition coefficient (Wildman–Crippen LogP) is 3.23. The third-order valence-corrected chi connectivity index (χ3v) is 6.18. The van der Waals surface area contributed by atoms with Gasteiger partial charge < -0.3 is 14.8 Å². The Hall–Kier alpha value is -0.120. The third kappa shape index (κ3) is 3.46. The predicted molar refractivity (Wildman–Crippen MR) is 85.4 cm³/mol. The lowest BCUT2D eigenvalue weighted by atomic mass is 9.47. The van der Waals surface area contributed by atoms with E-state index in [2.05, 4.69) is 12.2 Å². The van der Waals surface area contributed by atoms with E-state index in [-0.39, 0.29) is 0 Å². The van der Waals surface area contributed by atoms with Crippen molar-refractivity contribution in [2.24, 2.45) is 23.2 Å². The second-order valence-corrected chi connectivity index (χ2v) is 7.85. The van der Waals surface area contributed by atoms with Gasteiger partial charge in [-0.1, -0.05) is 6.92 Å². The molecule has 1 atom stereocenters. The van der Waals surface area contributed by atoms with Gasteiger partial charge in [0.2, 0.25) is 0 Å². The highest BCUT2D eigenvalue weighted by atomic mass is 16.5. The minimum Gasteiger partial charge on any atom is -0.382 e. The molecule has 122 valence electrons. The van der Waals surface area contributed by atoms with Gasteiger partial charge in [-0.3, -0.25) is 0 Å². The molecule has 0 spiro atoms. The summed E-state index contributed by atoms with van der Waals surface area (Å²) >= 11 is 0. The molecule has 4 aliphatic rings. The van der Waals surface area contributed by atoms with Crippen LogP contribution in [0, 0.1) is 23.2 Å². The molecule has 4 fully saturated rings. The van der Waals surface area contributed by atoms with Gasteiger partial charge in [-0.05, 0) is 74.7 Å². The van der Waals surface area contributed by atoms with Gasteiger partial charge in [-0.15, -0.1) is 0 Å². The first-order valence-electron chi connectivity index (χ1n) is 9.06. The summed E-state index contributed by atoms with van der Waals surface area (Å²) in [4.78, 5) is 0. The molecule has 3 nitrogen and oxygen atoms in total. The van der Waals surface area contributed by atoms with Crippen LogP contribution in [0.3, 0.4) is 0 Å². The largest absolute Gasteiger partial charge is 0.382 e. The Balaban J connectivity index is 1.63. The van der Waals surface area contributed by atoms with Gasteiger partial charge in [0.25, 0.3) is 0 Å². The number of nitrogens with one attached hydrogen (secondary N) is 1. The van der Waals surface area contributed by atoms with Gasteiger partial charge in [0.1, 0.15) is 0 Å². The minimum absolute atomic E-state index is 0.539. The zero-order valence-electron chi connectivity index (χ0n) is 13.9.